The molecule has 0 spiro atoms. The second-order valence-corrected chi connectivity index (χ2v) is 22.2. The van der Waals surface area contributed by atoms with E-state index in [2.05, 4.69) is 30.8 Å². The third kappa shape index (κ3) is 18.3. The van der Waals surface area contributed by atoms with Gasteiger partial charge in [-0.15, -0.1) is 0 Å². The van der Waals surface area contributed by atoms with Crippen molar-refractivity contribution in [1.29, 1.82) is 0 Å². The fraction of sp³-hybridized carbons (Fsp3) is 0.544. The second-order valence-electron chi connectivity index (χ2n) is 21.1. The van der Waals surface area contributed by atoms with Gasteiger partial charge in [0.1, 0.15) is 78.5 Å². The van der Waals surface area contributed by atoms with Crippen molar-refractivity contribution in [3.63, 3.8) is 0 Å². The summed E-state index contributed by atoms with van der Waals surface area (Å²) >= 11 is 0. The van der Waals surface area contributed by atoms with Crippen LogP contribution in [0, 0.1) is 18.8 Å². The van der Waals surface area contributed by atoms with Gasteiger partial charge in [-0.2, -0.15) is 8.42 Å². The maximum absolute atomic E-state index is 15.2. The van der Waals surface area contributed by atoms with Crippen LogP contribution in [0.15, 0.2) is 66.7 Å². The molecule has 2 saturated heterocycles. The van der Waals surface area contributed by atoms with Crippen LogP contribution in [0.1, 0.15) is 95.4 Å². The first-order chi connectivity index (χ1) is 39.2. The minimum absolute atomic E-state index is 0.00128. The van der Waals surface area contributed by atoms with E-state index in [0.717, 1.165) is 16.9 Å². The van der Waals surface area contributed by atoms with Crippen LogP contribution in [-0.2, 0) is 81.7 Å². The van der Waals surface area contributed by atoms with E-state index in [9.17, 15) is 57.1 Å². The first-order valence-corrected chi connectivity index (χ1v) is 28.9. The van der Waals surface area contributed by atoms with Gasteiger partial charge in [-0.1, -0.05) is 76.9 Å². The lowest BCUT2D eigenvalue weighted by Crippen LogP contribution is -2.66. The van der Waals surface area contributed by atoms with Gasteiger partial charge < -0.3 is 65.9 Å². The number of nitrogens with zero attached hydrogens (tertiary/aromatic N) is 2. The zero-order valence-corrected chi connectivity index (χ0v) is 49.0. The van der Waals surface area contributed by atoms with Gasteiger partial charge in [-0.25, -0.2) is 8.98 Å². The highest BCUT2D eigenvalue weighted by atomic mass is 32.3. The number of piperidine rings is 1. The number of benzene rings is 3. The predicted molar refractivity (Wildman–Crippen MR) is 299 cm³/mol. The number of methoxy groups -OCH3 is 2. The molecule has 0 aliphatic carbocycles. The molecule has 7 amide bonds. The van der Waals surface area contributed by atoms with Gasteiger partial charge in [-0.05, 0) is 117 Å². The monoisotopic (exact) mass is 1180 g/mol. The quantitative estimate of drug-likeness (QED) is 0.0541. The Morgan fingerprint density at radius 3 is 2.05 bits per heavy atom. The number of esters is 1. The van der Waals surface area contributed by atoms with Gasteiger partial charge in [0.25, 0.3) is 5.91 Å². The number of fused-ring (bicyclic) bond motifs is 2. The van der Waals surface area contributed by atoms with Gasteiger partial charge in [0, 0.05) is 20.6 Å². The van der Waals surface area contributed by atoms with Crippen LogP contribution in [0.3, 0.4) is 0 Å². The van der Waals surface area contributed by atoms with Crippen molar-refractivity contribution in [2.75, 3.05) is 27.9 Å². The first-order valence-electron chi connectivity index (χ1n) is 27.5. The number of aliphatic hydroxyl groups excluding tert-OH is 1. The van der Waals surface area contributed by atoms with Crippen molar-refractivity contribution in [1.82, 2.24) is 36.4 Å². The number of nitrogens with one attached hydrogen (secondary N) is 5. The average molecular weight is 1180 g/mol. The van der Waals surface area contributed by atoms with Crippen LogP contribution in [0.4, 0.5) is 0 Å². The molecular weight excluding hydrogens is 1100 g/mol. The normalized spacial score (nSPS) is 23.8. The minimum atomic E-state index is -5.06. The molecule has 26 heteroatoms. The molecule has 5 rings (SSSR count). The van der Waals surface area contributed by atoms with Crippen molar-refractivity contribution in [2.24, 2.45) is 11.8 Å². The van der Waals surface area contributed by atoms with Crippen molar-refractivity contribution in [2.45, 2.75) is 160 Å². The van der Waals surface area contributed by atoms with E-state index in [1.54, 1.807) is 83.1 Å². The number of likely N-dealkylation sites (N-methyl/N-ethyl adjacent to an activating group) is 1. The molecule has 2 unspecified atom stereocenters. The third-order valence-electron chi connectivity index (χ3n) is 15.3. The molecule has 0 aromatic heterocycles. The van der Waals surface area contributed by atoms with E-state index in [-0.39, 0.29) is 62.9 Å². The van der Waals surface area contributed by atoms with Crippen LogP contribution in [0.25, 0.3) is 0 Å². The number of hydrogen-bond donors (Lipinski definition) is 9. The molecule has 3 aromatic rings. The molecule has 2 heterocycles. The van der Waals surface area contributed by atoms with Crippen LogP contribution in [0.2, 0.25) is 0 Å². The van der Waals surface area contributed by atoms with E-state index in [1.807, 2.05) is 0 Å². The molecule has 3 aromatic carbocycles. The molecule has 456 valence electrons. The molecule has 9 N–H and O–H groups in total. The smallest absolute Gasteiger partial charge is 0.397 e. The predicted octanol–water partition coefficient (Wildman–Crippen LogP) is 1.66. The number of phenols is 2. The van der Waals surface area contributed by atoms with E-state index >= 15 is 9.59 Å². The topological polar surface area (TPSA) is 355 Å². The number of phenolic OH excluding ortho intramolecular Hbond substituents is 2. The summed E-state index contributed by atoms with van der Waals surface area (Å²) in [6.07, 6.45) is -4.91. The summed E-state index contributed by atoms with van der Waals surface area (Å²) in [7, 11) is -1.18. The van der Waals surface area contributed by atoms with Crippen LogP contribution in [-0.4, -0.2) is 174 Å². The summed E-state index contributed by atoms with van der Waals surface area (Å²) in [5, 5.41) is 45.1. The summed E-state index contributed by atoms with van der Waals surface area (Å²) in [6.45, 7) is 8.79. The van der Waals surface area contributed by atoms with Crippen LogP contribution < -0.4 is 31.3 Å². The fourth-order valence-corrected chi connectivity index (χ4v) is 10.1. The fourth-order valence-electron chi connectivity index (χ4n) is 9.76. The molecule has 0 radical (unpaired) electrons. The number of aromatic hydroxyl groups is 2. The first kappa shape index (κ1) is 66.4. The molecule has 12 atom stereocenters. The number of cyclic esters (lactones) is 1. The highest BCUT2D eigenvalue weighted by molar-refractivity contribution is 7.80. The van der Waals surface area contributed by atoms with Gasteiger partial charge in [0.05, 0.1) is 7.11 Å². The minimum Gasteiger partial charge on any atom is -0.508 e. The number of carbonyl (C=O) groups is 8. The molecule has 83 heavy (non-hydrogen) atoms. The Morgan fingerprint density at radius 2 is 1.45 bits per heavy atom. The van der Waals surface area contributed by atoms with Crippen molar-refractivity contribution in [3.05, 3.63) is 89.0 Å². The number of amides is 7. The van der Waals surface area contributed by atoms with Gasteiger partial charge in [0.2, 0.25) is 35.4 Å². The molecule has 25 nitrogen and oxygen atoms in total. The molecule has 2 aliphatic heterocycles. The van der Waals surface area contributed by atoms with Gasteiger partial charge in [0.15, 0.2) is 6.10 Å². The standard InChI is InChI=1S/C57H79N7O18S/c1-10-31(3)47-57(75)82-34(6)48(62-51(69)41(23-16-35-12-19-38(65)20-13-35)58-53(71)45(80-9)30-81-83(76,77)78)54(72)59-40(24-17-36-18-26-44(66)33(5)28-36)50(68)60-42-25-27-46(67)64(55(42)73)49(32(4)11-2)56(74)63(7)43(52(70)61-47)29-37-14-21-39(79-8)22-15-37/h12-15,18-22,26,28,31-32,34,40-43,45-49,65-67H,10-11,16-17,23-25,27,29-30H2,1-9H3,(H,58,71)(H,59,72)(H,60,68)(H,61,70)(H,62,69)(H,76,77,78)/t31?,32?,34-,40+,41+,42+,43+,45-,46-,47+,48+,49+/m1/s1. The zero-order chi connectivity index (χ0) is 61.5. The Hall–Kier alpha value is -7.39. The number of ether oxygens (including phenoxy) is 3. The highest BCUT2D eigenvalue weighted by Gasteiger charge is 2.47. The molecular formula is C57H79N7O18S. The number of hydrogen-bond acceptors (Lipinski definition) is 17. The highest BCUT2D eigenvalue weighted by Crippen LogP contribution is 2.29. The Bertz CT molecular complexity index is 2880. The van der Waals surface area contributed by atoms with Crippen molar-refractivity contribution in [3.8, 4) is 17.2 Å². The molecule has 0 saturated carbocycles. The summed E-state index contributed by atoms with van der Waals surface area (Å²) in [6, 6.07) is 6.62. The van der Waals surface area contributed by atoms with Gasteiger partial charge >= 0.3 is 16.4 Å². The molecule has 2 aliphatic rings. The Morgan fingerprint density at radius 1 is 0.807 bits per heavy atom. The number of aryl methyl sites for hydroxylation is 3. The summed E-state index contributed by atoms with van der Waals surface area (Å²) in [5.74, 6) is -8.51. The van der Waals surface area contributed by atoms with E-state index < -0.39 is 137 Å². The largest absolute Gasteiger partial charge is 0.508 e. The third-order valence-corrected chi connectivity index (χ3v) is 15.7. The number of carbonyl (C=O) groups excluding carboxylic acids is 8. The average Bonchev–Trinajstić information content (AvgIpc) is 3.38. The maximum atomic E-state index is 15.2. The number of aliphatic hydroxyl groups is 1. The van der Waals surface area contributed by atoms with Gasteiger partial charge in [-0.3, -0.25) is 38.1 Å². The lowest BCUT2D eigenvalue weighted by Gasteiger charge is -2.44. The zero-order valence-electron chi connectivity index (χ0n) is 48.2. The summed E-state index contributed by atoms with van der Waals surface area (Å²) in [4.78, 5) is 120. The number of rotatable bonds is 21. The maximum Gasteiger partial charge on any atom is 0.397 e. The second kappa shape index (κ2) is 30.2. The van der Waals surface area contributed by atoms with Crippen LogP contribution in [0.5, 0.6) is 17.2 Å². The lowest BCUT2D eigenvalue weighted by molar-refractivity contribution is -0.168. The lowest BCUT2D eigenvalue weighted by atomic mass is 9.91. The van der Waals surface area contributed by atoms with E-state index in [4.69, 9.17) is 14.2 Å². The van der Waals surface area contributed by atoms with Crippen molar-refractivity contribution >= 4 is 57.7 Å². The Kier molecular flexibility index (Phi) is 24.2. The molecule has 2 fully saturated rings. The van der Waals surface area contributed by atoms with Crippen molar-refractivity contribution < 1.29 is 85.0 Å². The Balaban J connectivity index is 1.66. The summed E-state index contributed by atoms with van der Waals surface area (Å²) in [5.41, 5.74) is 2.27. The Labute approximate surface area is 483 Å². The van der Waals surface area contributed by atoms with E-state index in [1.165, 1.54) is 39.3 Å². The molecule has 2 bridgehead atoms. The summed E-state index contributed by atoms with van der Waals surface area (Å²) < 4.78 is 53.0. The van der Waals surface area contributed by atoms with Crippen LogP contribution >= 0.6 is 0 Å². The van der Waals surface area contributed by atoms with E-state index in [0.29, 0.717) is 34.4 Å². The SMILES string of the molecule is CCC(C)[C@@H]1NC(=O)[C@H](Cc2ccc(OC)cc2)N(C)C(=O)[C@H](C(C)CC)N2C(=O)[C@H](CC[C@H]2O)NC(=O)[C@H](CCc2ccc(O)c(C)c2)NC(=O)[C@@H](NC(=O)[C@H](CCc2ccc(O)cc2)NC(=O)[C@@H](COS(=O)(=O)O)OC)[C@@H](C)OC1=O.